The predicted octanol–water partition coefficient (Wildman–Crippen LogP) is 3.59. The molecule has 0 unspecified atom stereocenters. The van der Waals surface area contributed by atoms with Crippen molar-refractivity contribution in [1.29, 1.82) is 5.26 Å². The van der Waals surface area contributed by atoms with E-state index in [1.54, 1.807) is 20.3 Å². The molecule has 0 spiro atoms. The van der Waals surface area contributed by atoms with Gasteiger partial charge in [-0.3, -0.25) is 0 Å². The number of ether oxygens (including phenoxy) is 2. The molecule has 0 atom stereocenters. The third kappa shape index (κ3) is 4.37. The van der Waals surface area contributed by atoms with E-state index in [0.717, 1.165) is 34.6 Å². The standard InChI is InChI=1S/C20H22N2O2/c1-4-6-18-10-17(11-19(23-2)20(18)24-3)14-22-13-16-8-5-7-15(9-16)12-21/h4-5,7-11,22H,1,6,13-14H2,2-3H3. The smallest absolute Gasteiger partial charge is 0.164 e. The Morgan fingerprint density at radius 1 is 1.12 bits per heavy atom. The number of methoxy groups -OCH3 is 2. The lowest BCUT2D eigenvalue weighted by Crippen LogP contribution is -2.13. The van der Waals surface area contributed by atoms with Crippen LogP contribution in [-0.4, -0.2) is 14.2 Å². The number of nitriles is 1. The van der Waals surface area contributed by atoms with Crippen molar-refractivity contribution in [3.8, 4) is 17.6 Å². The fraction of sp³-hybridized carbons (Fsp3) is 0.250. The van der Waals surface area contributed by atoms with Gasteiger partial charge in [0.1, 0.15) is 0 Å². The monoisotopic (exact) mass is 322 g/mol. The van der Waals surface area contributed by atoms with Gasteiger partial charge in [0, 0.05) is 18.7 Å². The molecule has 0 amide bonds. The van der Waals surface area contributed by atoms with E-state index in [9.17, 15) is 0 Å². The largest absolute Gasteiger partial charge is 0.493 e. The summed E-state index contributed by atoms with van der Waals surface area (Å²) in [6.07, 6.45) is 2.57. The number of rotatable bonds is 8. The van der Waals surface area contributed by atoms with Gasteiger partial charge in [0.25, 0.3) is 0 Å². The van der Waals surface area contributed by atoms with E-state index in [1.807, 2.05) is 30.3 Å². The van der Waals surface area contributed by atoms with Crippen LogP contribution in [0.25, 0.3) is 0 Å². The SMILES string of the molecule is C=CCc1cc(CNCc2cccc(C#N)c2)cc(OC)c1OC. The molecule has 24 heavy (non-hydrogen) atoms. The van der Waals surface area contributed by atoms with Gasteiger partial charge < -0.3 is 14.8 Å². The minimum atomic E-state index is 0.675. The van der Waals surface area contributed by atoms with Crippen molar-refractivity contribution in [2.75, 3.05) is 14.2 Å². The fourth-order valence-corrected chi connectivity index (χ4v) is 2.62. The normalized spacial score (nSPS) is 10.0. The van der Waals surface area contributed by atoms with Gasteiger partial charge in [0.05, 0.1) is 25.9 Å². The molecule has 4 heteroatoms. The molecule has 0 aliphatic heterocycles. The van der Waals surface area contributed by atoms with E-state index in [0.29, 0.717) is 18.7 Å². The van der Waals surface area contributed by atoms with Crippen molar-refractivity contribution >= 4 is 0 Å². The Kier molecular flexibility index (Phi) is 6.41. The summed E-state index contributed by atoms with van der Waals surface area (Å²) in [5, 5.41) is 12.3. The molecule has 0 aromatic heterocycles. The van der Waals surface area contributed by atoms with Gasteiger partial charge in [-0.05, 0) is 35.7 Å². The van der Waals surface area contributed by atoms with Gasteiger partial charge in [-0.25, -0.2) is 0 Å². The summed E-state index contributed by atoms with van der Waals surface area (Å²) in [5.41, 5.74) is 3.92. The zero-order valence-corrected chi connectivity index (χ0v) is 14.1. The van der Waals surface area contributed by atoms with E-state index in [4.69, 9.17) is 14.7 Å². The Morgan fingerprint density at radius 3 is 2.58 bits per heavy atom. The van der Waals surface area contributed by atoms with Crippen molar-refractivity contribution in [3.63, 3.8) is 0 Å². The second-order valence-corrected chi connectivity index (χ2v) is 5.40. The first-order valence-electron chi connectivity index (χ1n) is 7.76. The summed E-state index contributed by atoms with van der Waals surface area (Å²) >= 11 is 0. The second-order valence-electron chi connectivity index (χ2n) is 5.40. The lowest BCUT2D eigenvalue weighted by molar-refractivity contribution is 0.351. The Balaban J connectivity index is 2.10. The van der Waals surface area contributed by atoms with E-state index >= 15 is 0 Å². The molecular formula is C20H22N2O2. The summed E-state index contributed by atoms with van der Waals surface area (Å²) in [6, 6.07) is 13.8. The van der Waals surface area contributed by atoms with Crippen molar-refractivity contribution in [2.45, 2.75) is 19.5 Å². The fourth-order valence-electron chi connectivity index (χ4n) is 2.62. The minimum Gasteiger partial charge on any atom is -0.493 e. The molecule has 2 rings (SSSR count). The topological polar surface area (TPSA) is 54.3 Å². The average Bonchev–Trinajstić information content (AvgIpc) is 2.61. The summed E-state index contributed by atoms with van der Waals surface area (Å²) < 4.78 is 10.9. The molecule has 0 saturated heterocycles. The number of allylic oxidation sites excluding steroid dienone is 1. The zero-order chi connectivity index (χ0) is 17.4. The molecule has 124 valence electrons. The summed E-state index contributed by atoms with van der Waals surface area (Å²) in [5.74, 6) is 1.47. The maximum atomic E-state index is 8.95. The predicted molar refractivity (Wildman–Crippen MR) is 95.1 cm³/mol. The molecule has 0 fully saturated rings. The van der Waals surface area contributed by atoms with Crippen LogP contribution in [-0.2, 0) is 19.5 Å². The number of hydrogen-bond acceptors (Lipinski definition) is 4. The van der Waals surface area contributed by atoms with Crippen molar-refractivity contribution in [2.24, 2.45) is 0 Å². The maximum absolute atomic E-state index is 8.95. The lowest BCUT2D eigenvalue weighted by atomic mass is 10.1. The molecule has 2 aromatic carbocycles. The molecule has 0 aliphatic rings. The van der Waals surface area contributed by atoms with Crippen LogP contribution in [0.1, 0.15) is 22.3 Å². The minimum absolute atomic E-state index is 0.675. The molecule has 0 bridgehead atoms. The van der Waals surface area contributed by atoms with Crippen LogP contribution >= 0.6 is 0 Å². The maximum Gasteiger partial charge on any atom is 0.164 e. The Hall–Kier alpha value is -2.77. The average molecular weight is 322 g/mol. The van der Waals surface area contributed by atoms with Crippen LogP contribution in [0.5, 0.6) is 11.5 Å². The zero-order valence-electron chi connectivity index (χ0n) is 14.1. The van der Waals surface area contributed by atoms with Gasteiger partial charge in [0.15, 0.2) is 11.5 Å². The first kappa shape index (κ1) is 17.6. The quantitative estimate of drug-likeness (QED) is 0.755. The Labute approximate surface area is 143 Å². The van der Waals surface area contributed by atoms with Crippen molar-refractivity contribution in [3.05, 3.63) is 71.3 Å². The third-order valence-electron chi connectivity index (χ3n) is 3.69. The second kappa shape index (κ2) is 8.76. The Bertz CT molecular complexity index is 748. The summed E-state index contributed by atoms with van der Waals surface area (Å²) in [4.78, 5) is 0. The molecule has 1 N–H and O–H groups in total. The highest BCUT2D eigenvalue weighted by Gasteiger charge is 2.11. The Morgan fingerprint density at radius 2 is 1.92 bits per heavy atom. The van der Waals surface area contributed by atoms with Crippen LogP contribution in [0, 0.1) is 11.3 Å². The van der Waals surface area contributed by atoms with Gasteiger partial charge in [-0.15, -0.1) is 6.58 Å². The number of hydrogen-bond donors (Lipinski definition) is 1. The van der Waals surface area contributed by atoms with Crippen molar-refractivity contribution in [1.82, 2.24) is 5.32 Å². The van der Waals surface area contributed by atoms with E-state index in [2.05, 4.69) is 24.0 Å². The molecule has 2 aromatic rings. The van der Waals surface area contributed by atoms with Gasteiger partial charge in [0.2, 0.25) is 0 Å². The molecule has 0 saturated carbocycles. The summed E-state index contributed by atoms with van der Waals surface area (Å²) in [7, 11) is 3.28. The highest BCUT2D eigenvalue weighted by molar-refractivity contribution is 5.50. The molecule has 0 heterocycles. The van der Waals surface area contributed by atoms with E-state index < -0.39 is 0 Å². The van der Waals surface area contributed by atoms with Crippen LogP contribution in [0.2, 0.25) is 0 Å². The third-order valence-corrected chi connectivity index (χ3v) is 3.69. The highest BCUT2D eigenvalue weighted by atomic mass is 16.5. The van der Waals surface area contributed by atoms with Gasteiger partial charge in [-0.2, -0.15) is 5.26 Å². The van der Waals surface area contributed by atoms with Gasteiger partial charge in [-0.1, -0.05) is 24.3 Å². The van der Waals surface area contributed by atoms with Crippen molar-refractivity contribution < 1.29 is 9.47 Å². The number of benzene rings is 2. The number of nitrogens with zero attached hydrogens (tertiary/aromatic N) is 1. The van der Waals surface area contributed by atoms with Crippen LogP contribution < -0.4 is 14.8 Å². The molecule has 0 aliphatic carbocycles. The van der Waals surface area contributed by atoms with Crippen LogP contribution in [0.3, 0.4) is 0 Å². The molecular weight excluding hydrogens is 300 g/mol. The van der Waals surface area contributed by atoms with Crippen LogP contribution in [0.15, 0.2) is 49.1 Å². The number of nitrogens with one attached hydrogen (secondary N) is 1. The molecule has 0 radical (unpaired) electrons. The first-order chi connectivity index (χ1) is 11.7. The highest BCUT2D eigenvalue weighted by Crippen LogP contribution is 2.33. The summed E-state index contributed by atoms with van der Waals surface area (Å²) in [6.45, 7) is 5.19. The molecule has 4 nitrogen and oxygen atoms in total. The van der Waals surface area contributed by atoms with Gasteiger partial charge >= 0.3 is 0 Å². The lowest BCUT2D eigenvalue weighted by Gasteiger charge is -2.15. The van der Waals surface area contributed by atoms with E-state index in [1.165, 1.54) is 0 Å². The van der Waals surface area contributed by atoms with Crippen LogP contribution in [0.4, 0.5) is 0 Å². The first-order valence-corrected chi connectivity index (χ1v) is 7.76. The van der Waals surface area contributed by atoms with E-state index in [-0.39, 0.29) is 0 Å².